The summed E-state index contributed by atoms with van der Waals surface area (Å²) in [6.07, 6.45) is 12.4. The predicted molar refractivity (Wildman–Crippen MR) is 233 cm³/mol. The molecule has 3 aliphatic rings. The Labute approximate surface area is 346 Å². The van der Waals surface area contributed by atoms with Crippen molar-refractivity contribution in [3.05, 3.63) is 24.5 Å². The lowest BCUT2D eigenvalue weighted by molar-refractivity contribution is 0.0503. The van der Waals surface area contributed by atoms with Gasteiger partial charge in [0, 0.05) is 72.3 Å². The van der Waals surface area contributed by atoms with Crippen molar-refractivity contribution in [2.24, 2.45) is 17.8 Å². The Morgan fingerprint density at radius 1 is 0.836 bits per heavy atom. The molecule has 2 N–H and O–H groups in total. The maximum Gasteiger partial charge on any atom is 0.380 e. The molecule has 0 spiro atoms. The van der Waals surface area contributed by atoms with Crippen molar-refractivity contribution in [1.29, 1.82) is 0 Å². The highest BCUT2D eigenvalue weighted by Gasteiger charge is 2.24. The van der Waals surface area contributed by atoms with Crippen LogP contribution >= 0.6 is 36.2 Å². The number of pyridine rings is 1. The highest BCUT2D eigenvalue weighted by Crippen LogP contribution is 2.57. The Hall–Kier alpha value is -0.330. The minimum Gasteiger partial charge on any atom is -0.396 e. The standard InChI is InChI=1S/C14H29O4P.C7H10N2.C7H14O2.C5H11NO.C4H9Cl2O2P.2CH4/c1-4-5-10-17-19(3,15)18-12-14-8-6-13(7-9-14)11-16-2;1-9(2)7-3-5-8-6-4-7;8-5-6-1-3-7(9)4-2-6;1-6-2-4-7-5-3-6;1-2-3-4-8-9(5,6)7;;/h13-14H,4-12H2,1-3H3;3-6H,1-2H3;6-9H,1-5H2;2-5H2,1H3;2-4H2,1H3;2*1H4. The summed E-state index contributed by atoms with van der Waals surface area (Å²) in [6.45, 7) is 12.3. The van der Waals surface area contributed by atoms with E-state index in [1.54, 1.807) is 26.2 Å². The van der Waals surface area contributed by atoms with Crippen molar-refractivity contribution in [1.82, 2.24) is 9.88 Å². The number of aliphatic hydroxyl groups excluding tert-OH is 2. The predicted octanol–water partition coefficient (Wildman–Crippen LogP) is 10.4. The molecule has 0 bridgehead atoms. The molecule has 0 radical (unpaired) electrons. The summed E-state index contributed by atoms with van der Waals surface area (Å²) in [7, 11) is 5.05. The number of unbranched alkanes of at least 4 members (excludes halogenated alkanes) is 2. The van der Waals surface area contributed by atoms with Gasteiger partial charge in [-0.15, -0.1) is 0 Å². The van der Waals surface area contributed by atoms with Gasteiger partial charge in [0.1, 0.15) is 0 Å². The van der Waals surface area contributed by atoms with Crippen LogP contribution in [0.15, 0.2) is 24.5 Å². The fourth-order valence-electron chi connectivity index (χ4n) is 5.39. The molecule has 0 aromatic carbocycles. The number of morpholine rings is 1. The molecular formula is C39H81Cl2N3O9P2. The molecule has 0 amide bonds. The van der Waals surface area contributed by atoms with E-state index in [0.717, 1.165) is 97.1 Å². The summed E-state index contributed by atoms with van der Waals surface area (Å²) in [6, 6.07) is 3.94. The van der Waals surface area contributed by atoms with Gasteiger partial charge < -0.3 is 43.1 Å². The lowest BCUT2D eigenvalue weighted by atomic mass is 9.83. The number of hydrogen-bond acceptors (Lipinski definition) is 12. The van der Waals surface area contributed by atoms with Crippen molar-refractivity contribution in [2.75, 3.05) is 99.2 Å². The van der Waals surface area contributed by atoms with Crippen LogP contribution in [0.4, 0.5) is 5.69 Å². The van der Waals surface area contributed by atoms with Crippen LogP contribution in [0.1, 0.15) is 106 Å². The minimum atomic E-state index is -3.25. The van der Waals surface area contributed by atoms with Crippen LogP contribution < -0.4 is 4.90 Å². The first-order chi connectivity index (χ1) is 25.2. The second-order valence-corrected chi connectivity index (χ2v) is 20.4. The third-order valence-electron chi connectivity index (χ3n) is 8.96. The third kappa shape index (κ3) is 36.5. The third-order valence-corrected chi connectivity index (χ3v) is 11.3. The van der Waals surface area contributed by atoms with E-state index in [9.17, 15) is 9.13 Å². The lowest BCUT2D eigenvalue weighted by Crippen LogP contribution is -2.32. The van der Waals surface area contributed by atoms with E-state index in [2.05, 4.69) is 28.4 Å². The molecule has 1 aromatic heterocycles. The molecule has 1 aliphatic heterocycles. The second kappa shape index (κ2) is 36.7. The van der Waals surface area contributed by atoms with Crippen LogP contribution in [0.25, 0.3) is 0 Å². The van der Waals surface area contributed by atoms with Crippen LogP contribution in [0.5, 0.6) is 0 Å². The summed E-state index contributed by atoms with van der Waals surface area (Å²) < 4.78 is 48.1. The molecule has 4 rings (SSSR count). The van der Waals surface area contributed by atoms with Crippen LogP contribution in [0.3, 0.4) is 0 Å². The topological polar surface area (TPSA) is 140 Å². The fraction of sp³-hybridized carbons (Fsp3) is 0.872. The zero-order chi connectivity index (χ0) is 40.0. The number of halogens is 2. The number of aromatic nitrogens is 1. The number of rotatable bonds is 15. The largest absolute Gasteiger partial charge is 0.396 e. The molecule has 1 aromatic rings. The maximum atomic E-state index is 12.0. The van der Waals surface area contributed by atoms with E-state index < -0.39 is 13.7 Å². The Kier molecular flexibility index (Phi) is 39.4. The summed E-state index contributed by atoms with van der Waals surface area (Å²) in [5.74, 6) is 1.68. The van der Waals surface area contributed by atoms with Gasteiger partial charge in [0.2, 0.25) is 0 Å². The summed E-state index contributed by atoms with van der Waals surface area (Å²) in [5.41, 5.74) is 1.19. The number of hydrogen-bond donors (Lipinski definition) is 2. The second-order valence-electron chi connectivity index (χ2n) is 14.1. The van der Waals surface area contributed by atoms with Crippen LogP contribution in [0.2, 0.25) is 0 Å². The minimum absolute atomic E-state index is 0. The van der Waals surface area contributed by atoms with Gasteiger partial charge in [-0.1, -0.05) is 41.5 Å². The van der Waals surface area contributed by atoms with Gasteiger partial charge in [-0.2, -0.15) is 0 Å². The number of ether oxygens (including phenoxy) is 2. The molecule has 3 fully saturated rings. The zero-order valence-corrected chi connectivity index (χ0v) is 37.0. The molecule has 330 valence electrons. The first-order valence-electron chi connectivity index (χ1n) is 19.3. The quantitative estimate of drug-likeness (QED) is 0.128. The Morgan fingerprint density at radius 3 is 1.69 bits per heavy atom. The molecule has 1 atom stereocenters. The van der Waals surface area contributed by atoms with Crippen molar-refractivity contribution >= 4 is 41.8 Å². The van der Waals surface area contributed by atoms with Crippen LogP contribution in [-0.2, 0) is 32.2 Å². The number of nitrogens with zero attached hydrogens (tertiary/aromatic N) is 3. The molecule has 1 saturated heterocycles. The monoisotopic (exact) mass is 867 g/mol. The van der Waals surface area contributed by atoms with E-state index in [4.69, 9.17) is 51.2 Å². The highest BCUT2D eigenvalue weighted by atomic mass is 35.9. The van der Waals surface area contributed by atoms with E-state index in [0.29, 0.717) is 44.2 Å². The average molecular weight is 869 g/mol. The first kappa shape index (κ1) is 59.0. The highest BCUT2D eigenvalue weighted by molar-refractivity contribution is 8.05. The number of methoxy groups -OCH3 is 1. The van der Waals surface area contributed by atoms with E-state index in [1.165, 1.54) is 18.5 Å². The Balaban J connectivity index is -0.000000644. The summed E-state index contributed by atoms with van der Waals surface area (Å²) in [4.78, 5) is 8.21. The van der Waals surface area contributed by atoms with Gasteiger partial charge >= 0.3 is 13.7 Å². The zero-order valence-electron chi connectivity index (χ0n) is 33.7. The van der Waals surface area contributed by atoms with Crippen LogP contribution in [0, 0.1) is 17.8 Å². The van der Waals surface area contributed by atoms with Crippen molar-refractivity contribution in [3.63, 3.8) is 0 Å². The SMILES string of the molecule is C.C.CCCCOP(=O)(Cl)Cl.CCCCOP(C)(=O)OCC1CCC(COC)CC1.CN(C)c1ccncc1.CN1CCOCC1.OCC1CCC(O)CC1. The molecule has 55 heavy (non-hydrogen) atoms. The van der Waals surface area contributed by atoms with Crippen molar-refractivity contribution in [2.45, 2.75) is 112 Å². The number of aliphatic hydroxyl groups is 2. The fourth-order valence-corrected chi connectivity index (χ4v) is 7.17. The molecule has 2 saturated carbocycles. The number of anilines is 1. The van der Waals surface area contributed by atoms with E-state index in [1.807, 2.05) is 38.1 Å². The van der Waals surface area contributed by atoms with Gasteiger partial charge in [-0.05, 0) is 124 Å². The van der Waals surface area contributed by atoms with Gasteiger partial charge in [-0.3, -0.25) is 14.1 Å². The lowest BCUT2D eigenvalue weighted by Gasteiger charge is -2.28. The van der Waals surface area contributed by atoms with Crippen LogP contribution in [-0.4, -0.2) is 120 Å². The average Bonchev–Trinajstić information content (AvgIpc) is 3.13. The molecular weight excluding hydrogens is 787 g/mol. The van der Waals surface area contributed by atoms with Gasteiger partial charge in [-0.25, -0.2) is 0 Å². The molecule has 2 heterocycles. The van der Waals surface area contributed by atoms with Gasteiger partial charge in [0.15, 0.2) is 0 Å². The maximum absolute atomic E-state index is 12.0. The van der Waals surface area contributed by atoms with Gasteiger partial charge in [0.05, 0.1) is 39.1 Å². The van der Waals surface area contributed by atoms with Crippen molar-refractivity contribution < 1.29 is 42.4 Å². The number of likely N-dealkylation sites (N-methyl/N-ethyl adjacent to an activating group) is 1. The molecule has 2 aliphatic carbocycles. The molecule has 1 unspecified atom stereocenters. The van der Waals surface area contributed by atoms with E-state index >= 15 is 0 Å². The molecule has 16 heteroatoms. The smallest absolute Gasteiger partial charge is 0.380 e. The Bertz CT molecular complexity index is 1060. The summed E-state index contributed by atoms with van der Waals surface area (Å²) in [5, 5.41) is 17.7. The van der Waals surface area contributed by atoms with Crippen molar-refractivity contribution in [3.8, 4) is 0 Å². The van der Waals surface area contributed by atoms with E-state index in [-0.39, 0.29) is 21.0 Å². The first-order valence-corrected chi connectivity index (χ1v) is 24.7. The summed E-state index contributed by atoms with van der Waals surface area (Å²) >= 11 is 10.1. The molecule has 12 nitrogen and oxygen atoms in total. The van der Waals surface area contributed by atoms with Gasteiger partial charge in [0.25, 0.3) is 0 Å². The Morgan fingerprint density at radius 2 is 1.31 bits per heavy atom. The normalized spacial score (nSPS) is 22.0.